The number of benzene rings is 3. The summed E-state index contributed by atoms with van der Waals surface area (Å²) in [4.78, 5) is 16.4. The van der Waals surface area contributed by atoms with E-state index in [2.05, 4.69) is 65.0 Å². The number of halogens is 1. The highest BCUT2D eigenvalue weighted by Gasteiger charge is 2.32. The number of carbonyl (C=O) groups excluding carboxylic acids is 1. The second-order valence-electron chi connectivity index (χ2n) is 12.8. The summed E-state index contributed by atoms with van der Waals surface area (Å²) < 4.78 is 14.0. The number of aromatic nitrogens is 1. The molecule has 2 aliphatic rings. The number of nitrogens with zero attached hydrogens (tertiary/aromatic N) is 3. The Hall–Kier alpha value is -5.14. The van der Waals surface area contributed by atoms with Crippen molar-refractivity contribution in [1.82, 2.24) is 21.0 Å². The lowest BCUT2D eigenvalue weighted by Gasteiger charge is -2.24. The van der Waals surface area contributed by atoms with Crippen molar-refractivity contribution in [2.24, 2.45) is 5.41 Å². The average Bonchev–Trinajstić information content (AvgIpc) is 3.75. The minimum Gasteiger partial charge on any atom is -0.383 e. The number of carbonyl (C=O) groups is 1. The fourth-order valence-electron chi connectivity index (χ4n) is 5.37. The van der Waals surface area contributed by atoms with Gasteiger partial charge < -0.3 is 21.4 Å². The molecule has 0 saturated heterocycles. The molecule has 0 radical (unpaired) electrons. The van der Waals surface area contributed by atoms with Gasteiger partial charge in [0.2, 0.25) is 5.91 Å². The Morgan fingerprint density at radius 1 is 1.11 bits per heavy atom. The van der Waals surface area contributed by atoms with Gasteiger partial charge in [0.25, 0.3) is 0 Å². The van der Waals surface area contributed by atoms with E-state index in [4.69, 9.17) is 4.98 Å². The number of fused-ring (bicyclic) bond motifs is 1. The Labute approximate surface area is 262 Å². The molecule has 2 heterocycles. The first-order chi connectivity index (χ1) is 21.6. The van der Waals surface area contributed by atoms with E-state index in [-0.39, 0.29) is 23.2 Å². The van der Waals surface area contributed by atoms with Gasteiger partial charge in [-0.3, -0.25) is 14.8 Å². The molecular formula is C35H37FN8O. The maximum atomic E-state index is 14.0. The third-order valence-electron chi connectivity index (χ3n) is 7.78. The maximum absolute atomic E-state index is 14.0. The van der Waals surface area contributed by atoms with Crippen LogP contribution in [0.1, 0.15) is 57.7 Å². The molecular weight excluding hydrogens is 567 g/mol. The highest BCUT2D eigenvalue weighted by molar-refractivity contribution is 6.04. The van der Waals surface area contributed by atoms with Crippen LogP contribution in [0.15, 0.2) is 78.8 Å². The van der Waals surface area contributed by atoms with Gasteiger partial charge in [-0.2, -0.15) is 5.26 Å². The summed E-state index contributed by atoms with van der Waals surface area (Å²) in [6.07, 6.45) is 5.93. The largest absolute Gasteiger partial charge is 0.383 e. The van der Waals surface area contributed by atoms with Crippen molar-refractivity contribution in [3.63, 3.8) is 0 Å². The van der Waals surface area contributed by atoms with Crippen molar-refractivity contribution in [1.29, 1.82) is 5.26 Å². The highest BCUT2D eigenvalue weighted by atomic mass is 19.1. The minimum atomic E-state index is -0.340. The SMILES string of the molecule is CC(=O)Nc1ccc(-c2cc(NC(C3=CN(C4CC4)NN3)c3ccc(F)cc3)cc3c(NCC(C)(C)C)c(C#N)cnc23)cc1. The minimum absolute atomic E-state index is 0.0325. The van der Waals surface area contributed by atoms with E-state index in [1.165, 1.54) is 19.1 Å². The van der Waals surface area contributed by atoms with Crippen LogP contribution in [0.4, 0.5) is 21.5 Å². The van der Waals surface area contributed by atoms with Crippen LogP contribution in [0.2, 0.25) is 0 Å². The van der Waals surface area contributed by atoms with Crippen molar-refractivity contribution in [3.8, 4) is 17.2 Å². The van der Waals surface area contributed by atoms with E-state index < -0.39 is 0 Å². The van der Waals surface area contributed by atoms with Crippen LogP contribution in [0.5, 0.6) is 0 Å². The van der Waals surface area contributed by atoms with Gasteiger partial charge in [-0.15, -0.1) is 5.53 Å². The first kappa shape index (κ1) is 29.9. The molecule has 45 heavy (non-hydrogen) atoms. The zero-order valence-electron chi connectivity index (χ0n) is 25.8. The molecule has 1 atom stereocenters. The van der Waals surface area contributed by atoms with Crippen LogP contribution in [0.25, 0.3) is 22.0 Å². The van der Waals surface area contributed by atoms with Gasteiger partial charge >= 0.3 is 0 Å². The van der Waals surface area contributed by atoms with E-state index in [1.807, 2.05) is 36.4 Å². The van der Waals surface area contributed by atoms with Gasteiger partial charge in [0, 0.05) is 54.2 Å². The maximum Gasteiger partial charge on any atom is 0.221 e. The third kappa shape index (κ3) is 6.84. The second-order valence-corrected chi connectivity index (χ2v) is 12.8. The van der Waals surface area contributed by atoms with E-state index in [0.717, 1.165) is 57.5 Å². The molecule has 0 bridgehead atoms. The van der Waals surface area contributed by atoms with E-state index in [9.17, 15) is 14.4 Å². The van der Waals surface area contributed by atoms with Crippen LogP contribution < -0.4 is 26.9 Å². The standard InChI is InChI=1S/C35H37FN8O/c1-21(45)40-26-11-7-22(8-12-26)29-15-27(16-30-32(39-20-35(2,3)4)24(17-37)18-38-34(29)30)41-33(23-5-9-25(36)10-6-23)31-19-44(43-42-31)28-13-14-28/h5-12,15-16,18-19,28,33,41-43H,13-14,20H2,1-4H3,(H,38,39)(H,40,45). The van der Waals surface area contributed by atoms with Gasteiger partial charge in [-0.1, -0.05) is 45.0 Å². The summed E-state index contributed by atoms with van der Waals surface area (Å²) in [7, 11) is 0. The number of rotatable bonds is 9. The lowest BCUT2D eigenvalue weighted by atomic mass is 9.95. The Kier molecular flexibility index (Phi) is 8.04. The number of amides is 1. The monoisotopic (exact) mass is 604 g/mol. The molecule has 5 N–H and O–H groups in total. The van der Waals surface area contributed by atoms with E-state index in [0.29, 0.717) is 23.8 Å². The molecule has 1 aliphatic carbocycles. The number of anilines is 3. The normalized spacial score (nSPS) is 15.2. The van der Waals surface area contributed by atoms with E-state index >= 15 is 0 Å². The molecule has 6 rings (SSSR count). The van der Waals surface area contributed by atoms with Gasteiger partial charge in [0.1, 0.15) is 11.9 Å². The molecule has 1 unspecified atom stereocenters. The summed E-state index contributed by atoms with van der Waals surface area (Å²) >= 11 is 0. The van der Waals surface area contributed by atoms with Gasteiger partial charge in [-0.25, -0.2) is 4.39 Å². The summed E-state index contributed by atoms with van der Waals surface area (Å²) in [6, 6.07) is 20.6. The topological polar surface area (TPSA) is 117 Å². The molecule has 1 amide bonds. The fraction of sp³-hybridized carbons (Fsp3) is 0.286. The fourth-order valence-corrected chi connectivity index (χ4v) is 5.37. The Balaban J connectivity index is 1.49. The Morgan fingerprint density at radius 3 is 2.49 bits per heavy atom. The Morgan fingerprint density at radius 2 is 1.84 bits per heavy atom. The van der Waals surface area contributed by atoms with Crippen LogP contribution in [0.3, 0.4) is 0 Å². The average molecular weight is 605 g/mol. The smallest absolute Gasteiger partial charge is 0.221 e. The summed E-state index contributed by atoms with van der Waals surface area (Å²) in [5.41, 5.74) is 13.5. The molecule has 9 nitrogen and oxygen atoms in total. The number of hydrogen-bond donors (Lipinski definition) is 5. The third-order valence-corrected chi connectivity index (χ3v) is 7.78. The van der Waals surface area contributed by atoms with Gasteiger partial charge in [-0.05, 0) is 65.8 Å². The number of hydrazine groups is 2. The van der Waals surface area contributed by atoms with Crippen molar-refractivity contribution < 1.29 is 9.18 Å². The zero-order valence-corrected chi connectivity index (χ0v) is 25.8. The Bertz CT molecular complexity index is 1800. The lowest BCUT2D eigenvalue weighted by Crippen LogP contribution is -2.38. The van der Waals surface area contributed by atoms with Crippen LogP contribution in [-0.4, -0.2) is 28.5 Å². The van der Waals surface area contributed by atoms with Crippen molar-refractivity contribution in [2.75, 3.05) is 22.5 Å². The quantitative estimate of drug-likeness (QED) is 0.141. The van der Waals surface area contributed by atoms with Crippen molar-refractivity contribution in [2.45, 2.75) is 52.6 Å². The molecule has 1 saturated carbocycles. The summed E-state index contributed by atoms with van der Waals surface area (Å²) in [5, 5.41) is 23.0. The second kappa shape index (κ2) is 12.1. The van der Waals surface area contributed by atoms with Crippen molar-refractivity contribution in [3.05, 3.63) is 95.7 Å². The number of nitriles is 1. The van der Waals surface area contributed by atoms with Gasteiger partial charge in [0.05, 0.1) is 28.5 Å². The number of nitrogens with one attached hydrogen (secondary N) is 5. The lowest BCUT2D eigenvalue weighted by molar-refractivity contribution is -0.114. The molecule has 1 aromatic heterocycles. The van der Waals surface area contributed by atoms with E-state index in [1.54, 1.807) is 18.3 Å². The zero-order chi connectivity index (χ0) is 31.7. The molecule has 0 spiro atoms. The predicted molar refractivity (Wildman–Crippen MR) is 176 cm³/mol. The van der Waals surface area contributed by atoms with Crippen LogP contribution in [-0.2, 0) is 4.79 Å². The summed E-state index contributed by atoms with van der Waals surface area (Å²) in [5.74, 6) is -0.444. The molecule has 3 aromatic carbocycles. The first-order valence-electron chi connectivity index (χ1n) is 15.1. The summed E-state index contributed by atoms with van der Waals surface area (Å²) in [6.45, 7) is 8.54. The molecule has 230 valence electrons. The van der Waals surface area contributed by atoms with Crippen LogP contribution in [0, 0.1) is 22.6 Å². The predicted octanol–water partition coefficient (Wildman–Crippen LogP) is 6.81. The molecule has 10 heteroatoms. The first-order valence-corrected chi connectivity index (χ1v) is 15.1. The number of hydrogen-bond acceptors (Lipinski definition) is 8. The molecule has 1 aliphatic heterocycles. The molecule has 4 aromatic rings. The van der Waals surface area contributed by atoms with Crippen LogP contribution >= 0.6 is 0 Å². The molecule has 1 fully saturated rings. The number of pyridine rings is 1. The van der Waals surface area contributed by atoms with Crippen molar-refractivity contribution >= 4 is 33.9 Å². The van der Waals surface area contributed by atoms with Gasteiger partial charge in [0.15, 0.2) is 0 Å². The highest BCUT2D eigenvalue weighted by Crippen LogP contribution is 2.39.